The number of halogens is 1. The molecule has 1 amide bonds. The Labute approximate surface area is 95.7 Å². The Bertz CT molecular complexity index is 363. The van der Waals surface area contributed by atoms with Crippen molar-refractivity contribution in [2.24, 2.45) is 11.7 Å². The van der Waals surface area contributed by atoms with Gasteiger partial charge in [-0.25, -0.2) is 4.39 Å². The van der Waals surface area contributed by atoms with E-state index in [9.17, 15) is 9.18 Å². The smallest absolute Gasteiger partial charge is 0.218 e. The number of hydrogen-bond acceptors (Lipinski definition) is 1. The fourth-order valence-electron chi connectivity index (χ4n) is 1.94. The molecule has 3 heteroatoms. The average molecular weight is 223 g/mol. The van der Waals surface area contributed by atoms with Gasteiger partial charge in [0.05, 0.1) is 0 Å². The summed E-state index contributed by atoms with van der Waals surface area (Å²) in [6.45, 7) is 4.10. The quantitative estimate of drug-likeness (QED) is 0.819. The third-order valence-corrected chi connectivity index (χ3v) is 2.55. The zero-order valence-corrected chi connectivity index (χ0v) is 9.74. The molecule has 0 bridgehead atoms. The van der Waals surface area contributed by atoms with Crippen LogP contribution in [0, 0.1) is 11.7 Å². The summed E-state index contributed by atoms with van der Waals surface area (Å²) in [5.41, 5.74) is 5.79. The molecule has 16 heavy (non-hydrogen) atoms. The number of hydrogen-bond donors (Lipinski definition) is 1. The second-order valence-corrected chi connectivity index (χ2v) is 4.52. The highest BCUT2D eigenvalue weighted by atomic mass is 19.1. The van der Waals surface area contributed by atoms with Crippen LogP contribution in [0.4, 0.5) is 4.39 Å². The first-order valence-electron chi connectivity index (χ1n) is 5.53. The van der Waals surface area contributed by atoms with Crippen LogP contribution in [0.2, 0.25) is 0 Å². The van der Waals surface area contributed by atoms with Gasteiger partial charge in [-0.2, -0.15) is 0 Å². The van der Waals surface area contributed by atoms with Crippen LogP contribution in [0.5, 0.6) is 0 Å². The molecule has 0 aromatic heterocycles. The van der Waals surface area contributed by atoms with E-state index < -0.39 is 0 Å². The van der Waals surface area contributed by atoms with Crippen LogP contribution >= 0.6 is 0 Å². The lowest BCUT2D eigenvalue weighted by atomic mass is 9.87. The zero-order valence-electron chi connectivity index (χ0n) is 9.74. The van der Waals surface area contributed by atoms with Crippen LogP contribution in [0.15, 0.2) is 24.3 Å². The van der Waals surface area contributed by atoms with Crippen molar-refractivity contribution in [3.63, 3.8) is 0 Å². The molecule has 0 aliphatic carbocycles. The van der Waals surface area contributed by atoms with Gasteiger partial charge in [0.15, 0.2) is 0 Å². The van der Waals surface area contributed by atoms with Crippen molar-refractivity contribution in [1.82, 2.24) is 0 Å². The Kier molecular flexibility index (Phi) is 4.47. The maximum absolute atomic E-state index is 13.6. The lowest BCUT2D eigenvalue weighted by Gasteiger charge is -2.18. The molecule has 2 nitrogen and oxygen atoms in total. The van der Waals surface area contributed by atoms with E-state index in [4.69, 9.17) is 5.73 Å². The van der Waals surface area contributed by atoms with Crippen molar-refractivity contribution in [3.05, 3.63) is 35.6 Å². The first-order chi connectivity index (χ1) is 7.50. The summed E-state index contributed by atoms with van der Waals surface area (Å²) < 4.78 is 13.6. The number of amides is 1. The normalized spacial score (nSPS) is 12.8. The second-order valence-electron chi connectivity index (χ2n) is 4.52. The summed E-state index contributed by atoms with van der Waals surface area (Å²) in [4.78, 5) is 11.0. The molecule has 2 N–H and O–H groups in total. The molecule has 0 heterocycles. The molecular formula is C13H18FNO. The van der Waals surface area contributed by atoms with E-state index in [1.807, 2.05) is 0 Å². The van der Waals surface area contributed by atoms with Gasteiger partial charge in [-0.05, 0) is 29.9 Å². The molecule has 0 saturated carbocycles. The van der Waals surface area contributed by atoms with Gasteiger partial charge in [0.1, 0.15) is 5.82 Å². The van der Waals surface area contributed by atoms with Crippen LogP contribution in [0.3, 0.4) is 0 Å². The van der Waals surface area contributed by atoms with Gasteiger partial charge in [0.25, 0.3) is 0 Å². The largest absolute Gasteiger partial charge is 0.370 e. The summed E-state index contributed by atoms with van der Waals surface area (Å²) in [6, 6.07) is 6.58. The zero-order chi connectivity index (χ0) is 12.1. The highest BCUT2D eigenvalue weighted by Crippen LogP contribution is 2.28. The monoisotopic (exact) mass is 223 g/mol. The van der Waals surface area contributed by atoms with Crippen molar-refractivity contribution in [2.75, 3.05) is 0 Å². The van der Waals surface area contributed by atoms with E-state index in [2.05, 4.69) is 13.8 Å². The van der Waals surface area contributed by atoms with E-state index in [1.165, 1.54) is 6.07 Å². The Morgan fingerprint density at radius 2 is 2.00 bits per heavy atom. The third-order valence-electron chi connectivity index (χ3n) is 2.55. The van der Waals surface area contributed by atoms with Crippen molar-refractivity contribution in [3.8, 4) is 0 Å². The van der Waals surface area contributed by atoms with Crippen molar-refractivity contribution in [2.45, 2.75) is 32.6 Å². The Balaban J connectivity index is 2.91. The molecule has 0 aliphatic heterocycles. The van der Waals surface area contributed by atoms with Crippen LogP contribution in [-0.2, 0) is 4.79 Å². The molecule has 0 radical (unpaired) electrons. The Hall–Kier alpha value is -1.38. The number of rotatable bonds is 5. The molecule has 0 saturated heterocycles. The minimum absolute atomic E-state index is 0.112. The molecule has 1 aromatic rings. The van der Waals surface area contributed by atoms with E-state index in [1.54, 1.807) is 18.2 Å². The van der Waals surface area contributed by atoms with Gasteiger partial charge in [-0.15, -0.1) is 0 Å². The predicted octanol–water partition coefficient (Wildman–Crippen LogP) is 2.83. The lowest BCUT2D eigenvalue weighted by molar-refractivity contribution is -0.118. The standard InChI is InChI=1S/C13H18FNO/c1-9(2)7-10(8-13(15)16)11-5-3-4-6-12(11)14/h3-6,9-10H,7-8H2,1-2H3,(H2,15,16). The summed E-state index contributed by atoms with van der Waals surface area (Å²) in [5.74, 6) is -0.342. The molecule has 0 spiro atoms. The topological polar surface area (TPSA) is 43.1 Å². The lowest BCUT2D eigenvalue weighted by Crippen LogP contribution is -2.17. The van der Waals surface area contributed by atoms with E-state index in [0.717, 1.165) is 6.42 Å². The molecule has 1 unspecified atom stereocenters. The summed E-state index contributed by atoms with van der Waals surface area (Å²) >= 11 is 0. The summed E-state index contributed by atoms with van der Waals surface area (Å²) in [6.07, 6.45) is 0.975. The van der Waals surface area contributed by atoms with Gasteiger partial charge in [-0.1, -0.05) is 32.0 Å². The number of carbonyl (C=O) groups excluding carboxylic acids is 1. The number of nitrogens with two attached hydrogens (primary N) is 1. The minimum atomic E-state index is -0.381. The molecular weight excluding hydrogens is 205 g/mol. The average Bonchev–Trinajstić information content (AvgIpc) is 2.15. The van der Waals surface area contributed by atoms with E-state index in [0.29, 0.717) is 11.5 Å². The molecule has 88 valence electrons. The van der Waals surface area contributed by atoms with Gasteiger partial charge < -0.3 is 5.73 Å². The highest BCUT2D eigenvalue weighted by molar-refractivity contribution is 5.74. The van der Waals surface area contributed by atoms with E-state index in [-0.39, 0.29) is 24.1 Å². The van der Waals surface area contributed by atoms with Gasteiger partial charge >= 0.3 is 0 Å². The minimum Gasteiger partial charge on any atom is -0.370 e. The number of benzene rings is 1. The number of primary amides is 1. The van der Waals surface area contributed by atoms with Crippen molar-refractivity contribution in [1.29, 1.82) is 0 Å². The second kappa shape index (κ2) is 5.64. The highest BCUT2D eigenvalue weighted by Gasteiger charge is 2.18. The first kappa shape index (κ1) is 12.7. The van der Waals surface area contributed by atoms with E-state index >= 15 is 0 Å². The molecule has 1 rings (SSSR count). The SMILES string of the molecule is CC(C)CC(CC(N)=O)c1ccccc1F. The molecule has 1 atom stereocenters. The summed E-state index contributed by atoms with van der Waals surface area (Å²) in [5, 5.41) is 0. The fraction of sp³-hybridized carbons (Fsp3) is 0.462. The Morgan fingerprint density at radius 3 is 2.50 bits per heavy atom. The maximum atomic E-state index is 13.6. The van der Waals surface area contributed by atoms with Crippen molar-refractivity contribution < 1.29 is 9.18 Å². The molecule has 0 aliphatic rings. The van der Waals surface area contributed by atoms with Gasteiger partial charge in [0.2, 0.25) is 5.91 Å². The van der Waals surface area contributed by atoms with Crippen LogP contribution in [0.25, 0.3) is 0 Å². The van der Waals surface area contributed by atoms with Gasteiger partial charge in [-0.3, -0.25) is 4.79 Å². The summed E-state index contributed by atoms with van der Waals surface area (Å²) in [7, 11) is 0. The molecule has 0 fully saturated rings. The third kappa shape index (κ3) is 3.65. The predicted molar refractivity (Wildman–Crippen MR) is 62.4 cm³/mol. The van der Waals surface area contributed by atoms with Crippen molar-refractivity contribution >= 4 is 5.91 Å². The first-order valence-corrected chi connectivity index (χ1v) is 5.53. The fourth-order valence-corrected chi connectivity index (χ4v) is 1.94. The Morgan fingerprint density at radius 1 is 1.38 bits per heavy atom. The van der Waals surface area contributed by atoms with Crippen LogP contribution in [0.1, 0.15) is 38.2 Å². The van der Waals surface area contributed by atoms with Gasteiger partial charge in [0, 0.05) is 6.42 Å². The van der Waals surface area contributed by atoms with Crippen LogP contribution in [-0.4, -0.2) is 5.91 Å². The van der Waals surface area contributed by atoms with Crippen LogP contribution < -0.4 is 5.73 Å². The maximum Gasteiger partial charge on any atom is 0.218 e. The number of carbonyl (C=O) groups is 1. The molecule has 1 aromatic carbocycles.